The summed E-state index contributed by atoms with van der Waals surface area (Å²) >= 11 is 0. The fourth-order valence-electron chi connectivity index (χ4n) is 3.68. The topological polar surface area (TPSA) is 61.3 Å². The van der Waals surface area contributed by atoms with Crippen molar-refractivity contribution in [2.24, 2.45) is 5.41 Å². The SMILES string of the molecule is C[C@H](Nc1ncc2c(n1)N(CC(C)(C)CO)CC=C2)c1ccc2ccccc2c1. The van der Waals surface area contributed by atoms with E-state index in [0.29, 0.717) is 5.95 Å². The normalized spacial score (nSPS) is 14.7. The van der Waals surface area contributed by atoms with Gasteiger partial charge in [-0.15, -0.1) is 0 Å². The second-order valence-corrected chi connectivity index (χ2v) is 8.55. The summed E-state index contributed by atoms with van der Waals surface area (Å²) in [7, 11) is 0. The summed E-state index contributed by atoms with van der Waals surface area (Å²) in [5.41, 5.74) is 2.01. The van der Waals surface area contributed by atoms with E-state index in [1.165, 1.54) is 16.3 Å². The molecule has 4 rings (SSSR count). The maximum absolute atomic E-state index is 9.66. The van der Waals surface area contributed by atoms with Gasteiger partial charge >= 0.3 is 0 Å². The van der Waals surface area contributed by atoms with Gasteiger partial charge in [-0.2, -0.15) is 4.98 Å². The predicted molar refractivity (Wildman–Crippen MR) is 120 cm³/mol. The van der Waals surface area contributed by atoms with Crippen molar-refractivity contribution in [1.82, 2.24) is 9.97 Å². The van der Waals surface area contributed by atoms with E-state index in [9.17, 15) is 5.11 Å². The van der Waals surface area contributed by atoms with Crippen LogP contribution < -0.4 is 10.2 Å². The van der Waals surface area contributed by atoms with Gasteiger partial charge in [-0.1, -0.05) is 62.4 Å². The van der Waals surface area contributed by atoms with Crippen molar-refractivity contribution in [2.75, 3.05) is 29.9 Å². The van der Waals surface area contributed by atoms with Crippen molar-refractivity contribution >= 4 is 28.6 Å². The molecule has 0 amide bonds. The molecule has 0 bridgehead atoms. The predicted octanol–water partition coefficient (Wildman–Crippen LogP) is 4.65. The number of hydrogen-bond donors (Lipinski definition) is 2. The highest BCUT2D eigenvalue weighted by molar-refractivity contribution is 5.83. The Morgan fingerprint density at radius 3 is 2.76 bits per heavy atom. The van der Waals surface area contributed by atoms with Crippen molar-refractivity contribution in [3.05, 3.63) is 65.9 Å². The van der Waals surface area contributed by atoms with Gasteiger partial charge in [0.05, 0.1) is 6.04 Å². The molecular formula is C24H28N4O. The van der Waals surface area contributed by atoms with Crippen molar-refractivity contribution in [3.63, 3.8) is 0 Å². The maximum Gasteiger partial charge on any atom is 0.225 e. The molecule has 2 N–H and O–H groups in total. The first-order valence-electron chi connectivity index (χ1n) is 10.1. The van der Waals surface area contributed by atoms with Crippen LogP contribution in [0.4, 0.5) is 11.8 Å². The number of nitrogens with one attached hydrogen (secondary N) is 1. The van der Waals surface area contributed by atoms with Crippen molar-refractivity contribution in [2.45, 2.75) is 26.8 Å². The molecule has 1 aliphatic rings. The number of nitrogens with zero attached hydrogens (tertiary/aromatic N) is 3. The molecule has 0 aliphatic carbocycles. The molecule has 0 fully saturated rings. The maximum atomic E-state index is 9.66. The van der Waals surface area contributed by atoms with E-state index >= 15 is 0 Å². The number of aliphatic hydroxyl groups is 1. The first kappa shape index (κ1) is 19.4. The minimum atomic E-state index is -0.195. The number of benzene rings is 2. The zero-order valence-corrected chi connectivity index (χ0v) is 17.3. The average Bonchev–Trinajstić information content (AvgIpc) is 2.73. The molecule has 1 aliphatic heterocycles. The largest absolute Gasteiger partial charge is 0.396 e. The van der Waals surface area contributed by atoms with Gasteiger partial charge in [0.15, 0.2) is 0 Å². The van der Waals surface area contributed by atoms with Crippen LogP contribution in [0.3, 0.4) is 0 Å². The monoisotopic (exact) mass is 388 g/mol. The Bertz CT molecular complexity index is 1040. The molecule has 0 spiro atoms. The van der Waals surface area contributed by atoms with Gasteiger partial charge < -0.3 is 15.3 Å². The molecular weight excluding hydrogens is 360 g/mol. The summed E-state index contributed by atoms with van der Waals surface area (Å²) in [5, 5.41) is 15.6. The molecule has 2 heterocycles. The Morgan fingerprint density at radius 2 is 1.97 bits per heavy atom. The lowest BCUT2D eigenvalue weighted by Gasteiger charge is -2.34. The Balaban J connectivity index is 1.57. The van der Waals surface area contributed by atoms with Crippen molar-refractivity contribution in [1.29, 1.82) is 0 Å². The average molecular weight is 389 g/mol. The molecule has 0 radical (unpaired) electrons. The van der Waals surface area contributed by atoms with E-state index in [1.54, 1.807) is 0 Å². The van der Waals surface area contributed by atoms with Gasteiger partial charge in [0.25, 0.3) is 0 Å². The number of aromatic nitrogens is 2. The third-order valence-corrected chi connectivity index (χ3v) is 5.38. The van der Waals surface area contributed by atoms with Gasteiger partial charge in [-0.25, -0.2) is 4.98 Å². The molecule has 3 aromatic rings. The fraction of sp³-hybridized carbons (Fsp3) is 0.333. The minimum absolute atomic E-state index is 0.0825. The fourth-order valence-corrected chi connectivity index (χ4v) is 3.68. The zero-order chi connectivity index (χ0) is 20.4. The van der Waals surface area contributed by atoms with Crippen LogP contribution in [0.15, 0.2) is 54.7 Å². The van der Waals surface area contributed by atoms with Gasteiger partial charge in [-0.05, 0) is 29.3 Å². The highest BCUT2D eigenvalue weighted by Gasteiger charge is 2.25. The number of hydrogen-bond acceptors (Lipinski definition) is 5. The molecule has 0 saturated carbocycles. The van der Waals surface area contributed by atoms with Gasteiger partial charge in [0.2, 0.25) is 5.95 Å². The highest BCUT2D eigenvalue weighted by atomic mass is 16.3. The van der Waals surface area contributed by atoms with Gasteiger partial charge in [0, 0.05) is 36.9 Å². The standard InChI is InChI=1S/C24H28N4O/c1-17(19-11-10-18-7-4-5-8-20(18)13-19)26-23-25-14-21-9-6-12-28(22(21)27-23)15-24(2,3)16-29/h4-11,13-14,17,29H,12,15-16H2,1-3H3,(H,25,26,27)/t17-/m0/s1. The second kappa shape index (κ2) is 7.84. The smallest absolute Gasteiger partial charge is 0.225 e. The van der Waals surface area contributed by atoms with Crippen LogP contribution in [0.5, 0.6) is 0 Å². The van der Waals surface area contributed by atoms with E-state index in [2.05, 4.69) is 90.6 Å². The van der Waals surface area contributed by atoms with E-state index in [-0.39, 0.29) is 18.1 Å². The lowest BCUT2D eigenvalue weighted by Crippen LogP contribution is -2.38. The van der Waals surface area contributed by atoms with Gasteiger partial charge in [0.1, 0.15) is 5.82 Å². The molecule has 29 heavy (non-hydrogen) atoms. The first-order valence-corrected chi connectivity index (χ1v) is 10.1. The molecule has 1 aromatic heterocycles. The molecule has 0 unspecified atom stereocenters. The minimum Gasteiger partial charge on any atom is -0.396 e. The van der Waals surface area contributed by atoms with Crippen LogP contribution in [0.25, 0.3) is 16.8 Å². The van der Waals surface area contributed by atoms with E-state index in [1.807, 2.05) is 6.20 Å². The van der Waals surface area contributed by atoms with Crippen molar-refractivity contribution in [3.8, 4) is 0 Å². The zero-order valence-electron chi connectivity index (χ0n) is 17.3. The van der Waals surface area contributed by atoms with Crippen molar-refractivity contribution < 1.29 is 5.11 Å². The van der Waals surface area contributed by atoms with E-state index < -0.39 is 0 Å². The number of fused-ring (bicyclic) bond motifs is 2. The third-order valence-electron chi connectivity index (χ3n) is 5.38. The Kier molecular flexibility index (Phi) is 5.24. The molecule has 1 atom stereocenters. The molecule has 2 aromatic carbocycles. The lowest BCUT2D eigenvalue weighted by atomic mass is 9.93. The Hall–Kier alpha value is -2.92. The second-order valence-electron chi connectivity index (χ2n) is 8.55. The third kappa shape index (κ3) is 4.25. The number of aliphatic hydroxyl groups excluding tert-OH is 1. The van der Waals surface area contributed by atoms with E-state index in [4.69, 9.17) is 4.98 Å². The number of anilines is 2. The first-order chi connectivity index (χ1) is 13.9. The van der Waals surface area contributed by atoms with Crippen LogP contribution in [0.1, 0.15) is 37.9 Å². The van der Waals surface area contributed by atoms with E-state index in [0.717, 1.165) is 24.5 Å². The van der Waals surface area contributed by atoms with Crippen LogP contribution in [0.2, 0.25) is 0 Å². The summed E-state index contributed by atoms with van der Waals surface area (Å²) in [4.78, 5) is 11.5. The van der Waals surface area contributed by atoms with Crippen LogP contribution in [-0.4, -0.2) is 34.8 Å². The number of rotatable bonds is 6. The van der Waals surface area contributed by atoms with Crippen LogP contribution >= 0.6 is 0 Å². The molecule has 150 valence electrons. The summed E-state index contributed by atoms with van der Waals surface area (Å²) in [6.45, 7) is 7.90. The Morgan fingerprint density at radius 1 is 1.17 bits per heavy atom. The van der Waals surface area contributed by atoms with Crippen LogP contribution in [0, 0.1) is 5.41 Å². The lowest BCUT2D eigenvalue weighted by molar-refractivity contribution is 0.164. The molecule has 0 saturated heterocycles. The Labute approximate surface area is 172 Å². The quantitative estimate of drug-likeness (QED) is 0.643. The highest BCUT2D eigenvalue weighted by Crippen LogP contribution is 2.29. The van der Waals surface area contributed by atoms with Gasteiger partial charge in [-0.3, -0.25) is 0 Å². The van der Waals surface area contributed by atoms with Crippen LogP contribution in [-0.2, 0) is 0 Å². The summed E-state index contributed by atoms with van der Waals surface area (Å²) in [6, 6.07) is 15.0. The summed E-state index contributed by atoms with van der Waals surface area (Å²) in [6.07, 6.45) is 6.05. The molecule has 5 heteroatoms. The molecule has 5 nitrogen and oxygen atoms in total. The summed E-state index contributed by atoms with van der Waals surface area (Å²) < 4.78 is 0. The summed E-state index contributed by atoms with van der Waals surface area (Å²) in [5.74, 6) is 1.53.